The quantitative estimate of drug-likeness (QED) is 0.317. The summed E-state index contributed by atoms with van der Waals surface area (Å²) in [6, 6.07) is 30.8. The summed E-state index contributed by atoms with van der Waals surface area (Å²) in [5.41, 5.74) is 6.45. The van der Waals surface area contributed by atoms with Crippen LogP contribution in [0.5, 0.6) is 0 Å². The molecule has 0 saturated carbocycles. The maximum atomic E-state index is 4.45. The molecule has 5 aromatic rings. The minimum Gasteiger partial charge on any atom is -0.380 e. The molecule has 160 valence electrons. The van der Waals surface area contributed by atoms with Gasteiger partial charge in [-0.05, 0) is 53.1 Å². The van der Waals surface area contributed by atoms with Gasteiger partial charge in [-0.1, -0.05) is 66.7 Å². The van der Waals surface area contributed by atoms with Gasteiger partial charge in [-0.3, -0.25) is 9.55 Å². The van der Waals surface area contributed by atoms with Gasteiger partial charge in [0.15, 0.2) is 5.82 Å². The van der Waals surface area contributed by atoms with E-state index >= 15 is 0 Å². The fourth-order valence-electron chi connectivity index (χ4n) is 3.67. The van der Waals surface area contributed by atoms with Crippen molar-refractivity contribution in [2.24, 2.45) is 0 Å². The lowest BCUT2D eigenvalue weighted by molar-refractivity contribution is 1.06. The van der Waals surface area contributed by atoms with Gasteiger partial charge >= 0.3 is 0 Å². The number of nitrogens with zero attached hydrogens (tertiary/aromatic N) is 4. The molecule has 0 aliphatic heterocycles. The lowest BCUT2D eigenvalue weighted by Crippen LogP contribution is -2.03. The molecule has 33 heavy (non-hydrogen) atoms. The lowest BCUT2D eigenvalue weighted by Gasteiger charge is -2.13. The van der Waals surface area contributed by atoms with E-state index in [-0.39, 0.29) is 0 Å². The molecule has 3 aromatic carbocycles. The zero-order valence-corrected chi connectivity index (χ0v) is 18.0. The Morgan fingerprint density at radius 3 is 2.39 bits per heavy atom. The van der Waals surface area contributed by atoms with Gasteiger partial charge in [0.1, 0.15) is 6.33 Å². The molecule has 0 aliphatic carbocycles. The minimum absolute atomic E-state index is 0.702. The predicted octanol–water partition coefficient (Wildman–Crippen LogP) is 6.11. The Kier molecular flexibility index (Phi) is 6.02. The number of rotatable bonds is 7. The summed E-state index contributed by atoms with van der Waals surface area (Å²) in [5, 5.41) is 12.2. The smallest absolute Gasteiger partial charge is 0.170 e. The average molecular weight is 430 g/mol. The first-order valence-corrected chi connectivity index (χ1v) is 10.8. The predicted molar refractivity (Wildman–Crippen MR) is 134 cm³/mol. The SMILES string of the molecule is C(=Cc1cccc(-n2cnnc2-c2ccccc2NCc2ccncc2)c1)c1ccccc1. The normalized spacial score (nSPS) is 11.0. The van der Waals surface area contributed by atoms with Gasteiger partial charge in [-0.2, -0.15) is 0 Å². The van der Waals surface area contributed by atoms with Crippen molar-refractivity contribution in [3.05, 3.63) is 126 Å². The third-order valence-corrected chi connectivity index (χ3v) is 5.36. The van der Waals surface area contributed by atoms with Crippen LogP contribution in [0.2, 0.25) is 0 Å². The minimum atomic E-state index is 0.702. The summed E-state index contributed by atoms with van der Waals surface area (Å²) in [6.45, 7) is 0.702. The first-order valence-electron chi connectivity index (χ1n) is 10.8. The Labute approximate surface area is 193 Å². The molecule has 0 amide bonds. The molecule has 0 atom stereocenters. The third kappa shape index (κ3) is 4.88. The number of nitrogens with one attached hydrogen (secondary N) is 1. The zero-order valence-electron chi connectivity index (χ0n) is 18.0. The van der Waals surface area contributed by atoms with Gasteiger partial charge < -0.3 is 5.32 Å². The highest BCUT2D eigenvalue weighted by Gasteiger charge is 2.13. The molecular formula is C28H23N5. The molecule has 2 heterocycles. The van der Waals surface area contributed by atoms with E-state index in [9.17, 15) is 0 Å². The molecule has 0 saturated heterocycles. The van der Waals surface area contributed by atoms with Crippen LogP contribution in [0, 0.1) is 0 Å². The van der Waals surface area contributed by atoms with Crippen molar-refractivity contribution in [2.75, 3.05) is 5.32 Å². The van der Waals surface area contributed by atoms with Crippen LogP contribution in [-0.4, -0.2) is 19.7 Å². The molecule has 1 N–H and O–H groups in total. The highest BCUT2D eigenvalue weighted by Crippen LogP contribution is 2.28. The average Bonchev–Trinajstić information content (AvgIpc) is 3.38. The second-order valence-electron chi connectivity index (χ2n) is 7.62. The monoisotopic (exact) mass is 429 g/mol. The Bertz CT molecular complexity index is 1360. The van der Waals surface area contributed by atoms with Crippen molar-refractivity contribution in [1.29, 1.82) is 0 Å². The molecule has 5 heteroatoms. The van der Waals surface area contributed by atoms with Gasteiger partial charge in [0.05, 0.1) is 0 Å². The Morgan fingerprint density at radius 1 is 0.758 bits per heavy atom. The van der Waals surface area contributed by atoms with E-state index < -0.39 is 0 Å². The number of pyridine rings is 1. The van der Waals surface area contributed by atoms with Gasteiger partial charge in [-0.25, -0.2) is 0 Å². The van der Waals surface area contributed by atoms with Crippen LogP contribution in [0.25, 0.3) is 29.2 Å². The van der Waals surface area contributed by atoms with Crippen LogP contribution < -0.4 is 5.32 Å². The number of hydrogen-bond acceptors (Lipinski definition) is 4. The third-order valence-electron chi connectivity index (χ3n) is 5.36. The Morgan fingerprint density at radius 2 is 1.52 bits per heavy atom. The molecule has 2 aromatic heterocycles. The molecular weight excluding hydrogens is 406 g/mol. The van der Waals surface area contributed by atoms with Crippen LogP contribution in [0.3, 0.4) is 0 Å². The van der Waals surface area contributed by atoms with E-state index in [1.54, 1.807) is 18.7 Å². The molecule has 5 nitrogen and oxygen atoms in total. The van der Waals surface area contributed by atoms with E-state index in [0.717, 1.165) is 28.3 Å². The van der Waals surface area contributed by atoms with Crippen LogP contribution in [0.1, 0.15) is 16.7 Å². The topological polar surface area (TPSA) is 55.6 Å². The van der Waals surface area contributed by atoms with Gasteiger partial charge in [-0.15, -0.1) is 10.2 Å². The fraction of sp³-hybridized carbons (Fsp3) is 0.0357. The van der Waals surface area contributed by atoms with Gasteiger partial charge in [0.25, 0.3) is 0 Å². The van der Waals surface area contributed by atoms with E-state index in [1.165, 1.54) is 11.1 Å². The van der Waals surface area contributed by atoms with Gasteiger partial charge in [0.2, 0.25) is 0 Å². The molecule has 0 fully saturated rings. The van der Waals surface area contributed by atoms with Crippen LogP contribution in [0.4, 0.5) is 5.69 Å². The van der Waals surface area contributed by atoms with Crippen molar-refractivity contribution >= 4 is 17.8 Å². The number of benzene rings is 3. The molecule has 0 radical (unpaired) electrons. The van der Waals surface area contributed by atoms with Crippen molar-refractivity contribution < 1.29 is 0 Å². The summed E-state index contributed by atoms with van der Waals surface area (Å²) < 4.78 is 2.02. The maximum Gasteiger partial charge on any atom is 0.170 e. The Hall–Kier alpha value is -4.51. The van der Waals surface area contributed by atoms with E-state index in [2.05, 4.69) is 81.2 Å². The summed E-state index contributed by atoms with van der Waals surface area (Å²) in [6.07, 6.45) is 9.60. The van der Waals surface area contributed by atoms with E-state index in [4.69, 9.17) is 0 Å². The number of anilines is 1. The molecule has 0 aliphatic rings. The summed E-state index contributed by atoms with van der Waals surface area (Å²) >= 11 is 0. The van der Waals surface area contributed by atoms with Crippen LogP contribution >= 0.6 is 0 Å². The summed E-state index contributed by atoms with van der Waals surface area (Å²) in [4.78, 5) is 4.09. The van der Waals surface area contributed by atoms with Crippen LogP contribution in [-0.2, 0) is 6.54 Å². The fourth-order valence-corrected chi connectivity index (χ4v) is 3.67. The van der Waals surface area contributed by atoms with E-state index in [1.807, 2.05) is 47.0 Å². The molecule has 0 bridgehead atoms. The first kappa shape index (κ1) is 20.4. The molecule has 0 spiro atoms. The lowest BCUT2D eigenvalue weighted by atomic mass is 10.1. The van der Waals surface area contributed by atoms with E-state index in [0.29, 0.717) is 6.54 Å². The summed E-state index contributed by atoms with van der Waals surface area (Å²) in [5.74, 6) is 0.789. The maximum absolute atomic E-state index is 4.45. The molecule has 5 rings (SSSR count). The first-order chi connectivity index (χ1) is 16.4. The standard InChI is InChI=1S/C28H23N5/c1-2-7-22(8-3-1)13-14-23-9-6-10-25(19-23)33-21-31-32-28(33)26-11-4-5-12-27(26)30-20-24-15-17-29-18-16-24/h1-19,21,30H,20H2. The van der Waals surface area contributed by atoms with Crippen molar-refractivity contribution in [1.82, 2.24) is 19.7 Å². The number of aromatic nitrogens is 4. The molecule has 0 unspecified atom stereocenters. The van der Waals surface area contributed by atoms with Crippen molar-refractivity contribution in [3.63, 3.8) is 0 Å². The summed E-state index contributed by atoms with van der Waals surface area (Å²) in [7, 11) is 0. The van der Waals surface area contributed by atoms with Crippen molar-refractivity contribution in [2.45, 2.75) is 6.54 Å². The highest BCUT2D eigenvalue weighted by molar-refractivity contribution is 5.75. The second kappa shape index (κ2) is 9.75. The van der Waals surface area contributed by atoms with Crippen LogP contribution in [0.15, 0.2) is 110 Å². The number of hydrogen-bond donors (Lipinski definition) is 1. The number of para-hydroxylation sites is 1. The highest BCUT2D eigenvalue weighted by atomic mass is 15.3. The Balaban J connectivity index is 1.43. The van der Waals surface area contributed by atoms with Gasteiger partial charge in [0, 0.05) is 35.9 Å². The second-order valence-corrected chi connectivity index (χ2v) is 7.62. The van der Waals surface area contributed by atoms with Crippen molar-refractivity contribution in [3.8, 4) is 17.1 Å². The largest absolute Gasteiger partial charge is 0.380 e. The zero-order chi connectivity index (χ0) is 22.3.